The van der Waals surface area contributed by atoms with Crippen molar-refractivity contribution in [1.29, 1.82) is 0 Å². The second kappa shape index (κ2) is 8.68. The molecular formula is C21H15FN2O4S2. The average Bonchev–Trinajstić information content (AvgIpc) is 3.36. The summed E-state index contributed by atoms with van der Waals surface area (Å²) < 4.78 is 23.7. The Labute approximate surface area is 179 Å². The lowest BCUT2D eigenvalue weighted by atomic mass is 10.0. The molecule has 0 unspecified atom stereocenters. The maximum atomic E-state index is 13.2. The molecule has 2 aromatic heterocycles. The quantitative estimate of drug-likeness (QED) is 0.326. The van der Waals surface area contributed by atoms with Gasteiger partial charge in [0.2, 0.25) is 5.91 Å². The van der Waals surface area contributed by atoms with Gasteiger partial charge in [-0.2, -0.15) is 0 Å². The number of ether oxygens (including phenoxy) is 1. The number of hydrogen-bond acceptors (Lipinski definition) is 7. The average molecular weight is 442 g/mol. The molecule has 0 aliphatic carbocycles. The van der Waals surface area contributed by atoms with E-state index in [1.165, 1.54) is 30.6 Å². The van der Waals surface area contributed by atoms with E-state index in [1.807, 2.05) is 18.2 Å². The zero-order valence-corrected chi connectivity index (χ0v) is 17.3. The fourth-order valence-electron chi connectivity index (χ4n) is 2.80. The predicted molar refractivity (Wildman–Crippen MR) is 114 cm³/mol. The van der Waals surface area contributed by atoms with Gasteiger partial charge in [-0.1, -0.05) is 36.0 Å². The van der Waals surface area contributed by atoms with Crippen molar-refractivity contribution in [2.24, 2.45) is 0 Å². The molecule has 2 aromatic carbocycles. The number of para-hydroxylation sites is 2. The van der Waals surface area contributed by atoms with Crippen LogP contribution in [0.5, 0.6) is 0 Å². The molecule has 152 valence electrons. The molecule has 4 aromatic rings. The van der Waals surface area contributed by atoms with Crippen LogP contribution in [0, 0.1) is 5.82 Å². The third kappa shape index (κ3) is 4.22. The van der Waals surface area contributed by atoms with Gasteiger partial charge in [-0.05, 0) is 29.8 Å². The summed E-state index contributed by atoms with van der Waals surface area (Å²) in [5.41, 5.74) is 2.81. The lowest BCUT2D eigenvalue weighted by Crippen LogP contribution is -2.16. The number of carbonyl (C=O) groups excluding carboxylic acids is 2. The van der Waals surface area contributed by atoms with Crippen LogP contribution in [0.1, 0.15) is 10.4 Å². The van der Waals surface area contributed by atoms with Gasteiger partial charge < -0.3 is 14.5 Å². The second-order valence-electron chi connectivity index (χ2n) is 6.14. The largest absolute Gasteiger partial charge is 0.465 e. The fourth-order valence-corrected chi connectivity index (χ4v) is 4.41. The summed E-state index contributed by atoms with van der Waals surface area (Å²) in [6.07, 6.45) is 0. The summed E-state index contributed by atoms with van der Waals surface area (Å²) in [4.78, 5) is 29.1. The van der Waals surface area contributed by atoms with Gasteiger partial charge in [0.05, 0.1) is 12.9 Å². The Kier molecular flexibility index (Phi) is 5.82. The van der Waals surface area contributed by atoms with Crippen molar-refractivity contribution in [2.75, 3.05) is 18.2 Å². The van der Waals surface area contributed by atoms with Gasteiger partial charge in [-0.3, -0.25) is 4.79 Å². The molecule has 30 heavy (non-hydrogen) atoms. The summed E-state index contributed by atoms with van der Waals surface area (Å²) in [6, 6.07) is 13.1. The van der Waals surface area contributed by atoms with Gasteiger partial charge in [-0.25, -0.2) is 14.2 Å². The lowest BCUT2D eigenvalue weighted by molar-refractivity contribution is -0.113. The van der Waals surface area contributed by atoms with Crippen molar-refractivity contribution < 1.29 is 23.1 Å². The van der Waals surface area contributed by atoms with Crippen LogP contribution in [0.3, 0.4) is 0 Å². The highest BCUT2D eigenvalue weighted by Gasteiger charge is 2.22. The zero-order valence-electron chi connectivity index (χ0n) is 15.7. The topological polar surface area (TPSA) is 81.4 Å². The molecule has 0 aliphatic heterocycles. The van der Waals surface area contributed by atoms with Gasteiger partial charge >= 0.3 is 5.97 Å². The van der Waals surface area contributed by atoms with Crippen LogP contribution in [-0.4, -0.2) is 29.7 Å². The Balaban J connectivity index is 1.51. The smallest absolute Gasteiger partial charge is 0.341 e. The first-order chi connectivity index (χ1) is 14.5. The summed E-state index contributed by atoms with van der Waals surface area (Å²) in [6.45, 7) is 0. The van der Waals surface area contributed by atoms with Crippen molar-refractivity contribution in [3.63, 3.8) is 0 Å². The highest BCUT2D eigenvalue weighted by atomic mass is 32.2. The number of benzene rings is 2. The standard InChI is InChI=1S/C21H15FN2O4S2/c1-27-20(26)18-14(12-6-8-13(22)9-7-12)10-29-19(18)24-17(25)11-30-21-23-15-4-2-3-5-16(15)28-21/h2-10H,11H2,1H3,(H,24,25). The Bertz CT molecular complexity index is 1180. The number of rotatable bonds is 6. The molecule has 4 rings (SSSR count). The monoisotopic (exact) mass is 442 g/mol. The van der Waals surface area contributed by atoms with Crippen LogP contribution in [-0.2, 0) is 9.53 Å². The maximum Gasteiger partial charge on any atom is 0.341 e. The van der Waals surface area contributed by atoms with E-state index in [9.17, 15) is 14.0 Å². The molecule has 0 fully saturated rings. The summed E-state index contributed by atoms with van der Waals surface area (Å²) in [7, 11) is 1.27. The normalized spacial score (nSPS) is 10.9. The lowest BCUT2D eigenvalue weighted by Gasteiger charge is -2.07. The highest BCUT2D eigenvalue weighted by Crippen LogP contribution is 2.36. The van der Waals surface area contributed by atoms with E-state index < -0.39 is 5.97 Å². The van der Waals surface area contributed by atoms with E-state index >= 15 is 0 Å². The first kappa shape index (κ1) is 20.1. The zero-order chi connectivity index (χ0) is 21.1. The molecule has 0 saturated carbocycles. The number of oxazole rings is 1. The molecule has 0 bridgehead atoms. The van der Waals surface area contributed by atoms with Crippen molar-refractivity contribution in [1.82, 2.24) is 4.98 Å². The Morgan fingerprint density at radius 2 is 1.97 bits per heavy atom. The van der Waals surface area contributed by atoms with E-state index in [2.05, 4.69) is 10.3 Å². The molecule has 0 spiro atoms. The van der Waals surface area contributed by atoms with Crippen LogP contribution in [0.25, 0.3) is 22.2 Å². The van der Waals surface area contributed by atoms with Gasteiger partial charge in [0.25, 0.3) is 5.22 Å². The number of thiophene rings is 1. The number of amides is 1. The molecule has 0 saturated heterocycles. The van der Waals surface area contributed by atoms with Gasteiger partial charge in [0, 0.05) is 10.9 Å². The number of anilines is 1. The number of thioether (sulfide) groups is 1. The number of fused-ring (bicyclic) bond motifs is 1. The minimum Gasteiger partial charge on any atom is -0.465 e. The number of halogens is 1. The SMILES string of the molecule is COC(=O)c1c(-c2ccc(F)cc2)csc1NC(=O)CSc1nc2ccccc2o1. The number of aromatic nitrogens is 1. The van der Waals surface area contributed by atoms with Crippen molar-refractivity contribution in [3.05, 3.63) is 65.3 Å². The Morgan fingerprint density at radius 1 is 1.20 bits per heavy atom. The molecule has 9 heteroatoms. The molecule has 0 atom stereocenters. The molecule has 1 amide bonds. The number of esters is 1. The van der Waals surface area contributed by atoms with Gasteiger partial charge in [-0.15, -0.1) is 11.3 Å². The molecule has 0 radical (unpaired) electrons. The first-order valence-corrected chi connectivity index (χ1v) is 10.7. The second-order valence-corrected chi connectivity index (χ2v) is 7.94. The molecular weight excluding hydrogens is 427 g/mol. The maximum absolute atomic E-state index is 13.2. The Morgan fingerprint density at radius 3 is 2.70 bits per heavy atom. The molecule has 1 N–H and O–H groups in total. The molecule has 0 aliphatic rings. The van der Waals surface area contributed by atoms with Crippen molar-refractivity contribution >= 4 is 51.1 Å². The highest BCUT2D eigenvalue weighted by molar-refractivity contribution is 7.99. The predicted octanol–water partition coefficient (Wildman–Crippen LogP) is 5.21. The summed E-state index contributed by atoms with van der Waals surface area (Å²) in [5.74, 6) is -1.23. The fraction of sp³-hybridized carbons (Fsp3) is 0.0952. The van der Waals surface area contributed by atoms with Crippen LogP contribution >= 0.6 is 23.1 Å². The van der Waals surface area contributed by atoms with E-state index in [-0.39, 0.29) is 23.0 Å². The number of nitrogens with one attached hydrogen (secondary N) is 1. The van der Waals surface area contributed by atoms with Gasteiger partial charge in [0.1, 0.15) is 21.9 Å². The van der Waals surface area contributed by atoms with E-state index in [0.29, 0.717) is 26.9 Å². The third-order valence-corrected chi connectivity index (χ3v) is 5.91. The number of nitrogens with zero attached hydrogens (tertiary/aromatic N) is 1. The van der Waals surface area contributed by atoms with Crippen molar-refractivity contribution in [3.8, 4) is 11.1 Å². The summed E-state index contributed by atoms with van der Waals surface area (Å²) >= 11 is 2.35. The number of hydrogen-bond donors (Lipinski definition) is 1. The third-order valence-electron chi connectivity index (χ3n) is 4.19. The number of methoxy groups -OCH3 is 1. The van der Waals surface area contributed by atoms with Crippen LogP contribution in [0.4, 0.5) is 9.39 Å². The first-order valence-electron chi connectivity index (χ1n) is 8.79. The van der Waals surface area contributed by atoms with Crippen LogP contribution < -0.4 is 5.32 Å². The molecule has 6 nitrogen and oxygen atoms in total. The van der Waals surface area contributed by atoms with Gasteiger partial charge in [0.15, 0.2) is 5.58 Å². The minimum atomic E-state index is -0.586. The van der Waals surface area contributed by atoms with Crippen molar-refractivity contribution in [2.45, 2.75) is 5.22 Å². The van der Waals surface area contributed by atoms with E-state index in [4.69, 9.17) is 9.15 Å². The Hall–Kier alpha value is -3.17. The summed E-state index contributed by atoms with van der Waals surface area (Å²) in [5, 5.41) is 5.22. The minimum absolute atomic E-state index is 0.0528. The van der Waals surface area contributed by atoms with Crippen LogP contribution in [0.15, 0.2) is 63.6 Å². The van der Waals surface area contributed by atoms with Crippen LogP contribution in [0.2, 0.25) is 0 Å². The van der Waals surface area contributed by atoms with E-state index in [0.717, 1.165) is 17.3 Å². The molecule has 2 heterocycles. The van der Waals surface area contributed by atoms with E-state index in [1.54, 1.807) is 23.6 Å². The number of carbonyl (C=O) groups is 2.